The Morgan fingerprint density at radius 3 is 2.65 bits per heavy atom. The maximum absolute atomic E-state index is 11.9. The molecule has 1 aromatic carbocycles. The minimum absolute atomic E-state index is 0.0393. The molecular weight excluding hydrogens is 216 g/mol. The molecule has 1 aliphatic heterocycles. The van der Waals surface area contributed by atoms with Gasteiger partial charge in [-0.05, 0) is 24.3 Å². The summed E-state index contributed by atoms with van der Waals surface area (Å²) in [6.45, 7) is 0. The van der Waals surface area contributed by atoms with Crippen molar-refractivity contribution in [1.82, 2.24) is 0 Å². The molecule has 0 spiro atoms. The number of hydrogen-bond acceptors (Lipinski definition) is 3. The van der Waals surface area contributed by atoms with Gasteiger partial charge in [0.1, 0.15) is 11.5 Å². The highest BCUT2D eigenvalue weighted by atomic mass is 16.3. The number of carbonyl (C=O) groups excluding carboxylic acids is 1. The van der Waals surface area contributed by atoms with E-state index in [1.54, 1.807) is 18.4 Å². The second-order valence-corrected chi connectivity index (χ2v) is 3.74. The van der Waals surface area contributed by atoms with Gasteiger partial charge in [-0.15, -0.1) is 0 Å². The van der Waals surface area contributed by atoms with Crippen LogP contribution >= 0.6 is 0 Å². The molecule has 2 aromatic rings. The predicted octanol–water partition coefficient (Wildman–Crippen LogP) is 2.42. The minimum Gasteiger partial charge on any atom is -0.463 e. The van der Waals surface area contributed by atoms with E-state index in [9.17, 15) is 4.79 Å². The number of hydrazone groups is 1. The lowest BCUT2D eigenvalue weighted by molar-refractivity contribution is -0.116. The fourth-order valence-corrected chi connectivity index (χ4v) is 1.78. The SMILES string of the molecule is O=C1CC(c2ccco2)=NN1c1ccccc1. The quantitative estimate of drug-likeness (QED) is 0.789. The molecule has 0 saturated heterocycles. The van der Waals surface area contributed by atoms with Gasteiger partial charge in [0.05, 0.1) is 18.4 Å². The Bertz CT molecular complexity index is 558. The van der Waals surface area contributed by atoms with Crippen molar-refractivity contribution in [2.24, 2.45) is 5.10 Å². The predicted molar refractivity (Wildman–Crippen MR) is 63.8 cm³/mol. The maximum atomic E-state index is 11.9. The topological polar surface area (TPSA) is 45.8 Å². The minimum atomic E-state index is -0.0393. The molecule has 0 radical (unpaired) electrons. The van der Waals surface area contributed by atoms with Gasteiger partial charge in [0.25, 0.3) is 5.91 Å². The van der Waals surface area contributed by atoms with Gasteiger partial charge >= 0.3 is 0 Å². The molecule has 17 heavy (non-hydrogen) atoms. The van der Waals surface area contributed by atoms with Crippen LogP contribution < -0.4 is 5.01 Å². The lowest BCUT2D eigenvalue weighted by Crippen LogP contribution is -2.19. The number of amides is 1. The number of rotatable bonds is 2. The monoisotopic (exact) mass is 226 g/mol. The van der Waals surface area contributed by atoms with Crippen molar-refractivity contribution in [3.8, 4) is 0 Å². The molecule has 0 N–H and O–H groups in total. The highest BCUT2D eigenvalue weighted by molar-refractivity contribution is 6.18. The number of nitrogens with zero attached hydrogens (tertiary/aromatic N) is 2. The Morgan fingerprint density at radius 2 is 1.94 bits per heavy atom. The second-order valence-electron chi connectivity index (χ2n) is 3.74. The Kier molecular flexibility index (Phi) is 2.26. The first-order valence-electron chi connectivity index (χ1n) is 5.34. The first-order valence-corrected chi connectivity index (χ1v) is 5.34. The van der Waals surface area contributed by atoms with Crippen LogP contribution in [-0.4, -0.2) is 11.6 Å². The molecule has 0 atom stereocenters. The van der Waals surface area contributed by atoms with Gasteiger partial charge in [0, 0.05) is 0 Å². The summed E-state index contributed by atoms with van der Waals surface area (Å²) >= 11 is 0. The van der Waals surface area contributed by atoms with Crippen LogP contribution in [0.2, 0.25) is 0 Å². The van der Waals surface area contributed by atoms with Gasteiger partial charge in [0.2, 0.25) is 0 Å². The zero-order valence-electron chi connectivity index (χ0n) is 9.04. The van der Waals surface area contributed by atoms with E-state index in [1.165, 1.54) is 5.01 Å². The van der Waals surface area contributed by atoms with E-state index in [2.05, 4.69) is 5.10 Å². The highest BCUT2D eigenvalue weighted by Gasteiger charge is 2.27. The summed E-state index contributed by atoms with van der Waals surface area (Å²) in [5.74, 6) is 0.611. The number of hydrogen-bond donors (Lipinski definition) is 0. The Balaban J connectivity index is 1.95. The van der Waals surface area contributed by atoms with Crippen LogP contribution in [-0.2, 0) is 4.79 Å². The molecule has 84 valence electrons. The molecular formula is C13H10N2O2. The van der Waals surface area contributed by atoms with Gasteiger partial charge in [-0.1, -0.05) is 18.2 Å². The van der Waals surface area contributed by atoms with Crippen molar-refractivity contribution in [3.63, 3.8) is 0 Å². The largest absolute Gasteiger partial charge is 0.463 e. The number of anilines is 1. The third kappa shape index (κ3) is 1.73. The van der Waals surface area contributed by atoms with Gasteiger partial charge < -0.3 is 4.42 Å². The van der Waals surface area contributed by atoms with Crippen molar-refractivity contribution in [1.29, 1.82) is 0 Å². The van der Waals surface area contributed by atoms with E-state index in [0.29, 0.717) is 11.5 Å². The molecule has 0 aliphatic carbocycles. The van der Waals surface area contributed by atoms with Gasteiger partial charge in [-0.2, -0.15) is 5.10 Å². The summed E-state index contributed by atoms with van der Waals surface area (Å²) in [6, 6.07) is 13.0. The lowest BCUT2D eigenvalue weighted by atomic mass is 10.2. The molecule has 2 heterocycles. The molecule has 4 nitrogen and oxygen atoms in total. The van der Waals surface area contributed by atoms with Crippen LogP contribution in [0, 0.1) is 0 Å². The molecule has 4 heteroatoms. The Labute approximate surface area is 98.2 Å². The summed E-state index contributed by atoms with van der Waals surface area (Å²) in [5, 5.41) is 5.70. The smallest absolute Gasteiger partial charge is 0.253 e. The lowest BCUT2D eigenvalue weighted by Gasteiger charge is -2.10. The van der Waals surface area contributed by atoms with Gasteiger partial charge in [-0.25, -0.2) is 5.01 Å². The van der Waals surface area contributed by atoms with Crippen LogP contribution in [0.1, 0.15) is 12.2 Å². The number of furan rings is 1. The van der Waals surface area contributed by atoms with Crippen LogP contribution in [0.5, 0.6) is 0 Å². The fourth-order valence-electron chi connectivity index (χ4n) is 1.78. The Hall–Kier alpha value is -2.36. The van der Waals surface area contributed by atoms with Crippen molar-refractivity contribution in [2.75, 3.05) is 5.01 Å². The van der Waals surface area contributed by atoms with Gasteiger partial charge in [0.15, 0.2) is 0 Å². The molecule has 0 unspecified atom stereocenters. The van der Waals surface area contributed by atoms with E-state index in [-0.39, 0.29) is 12.3 Å². The molecule has 1 aliphatic rings. The molecule has 0 bridgehead atoms. The molecule has 0 saturated carbocycles. The van der Waals surface area contributed by atoms with Crippen LogP contribution in [0.25, 0.3) is 0 Å². The average Bonchev–Trinajstić information content (AvgIpc) is 2.99. The average molecular weight is 226 g/mol. The van der Waals surface area contributed by atoms with Crippen LogP contribution in [0.3, 0.4) is 0 Å². The highest BCUT2D eigenvalue weighted by Crippen LogP contribution is 2.22. The summed E-state index contributed by atoms with van der Waals surface area (Å²) in [4.78, 5) is 11.9. The maximum Gasteiger partial charge on any atom is 0.253 e. The molecule has 1 aromatic heterocycles. The fraction of sp³-hybridized carbons (Fsp3) is 0.0769. The third-order valence-corrected chi connectivity index (χ3v) is 2.58. The van der Waals surface area contributed by atoms with E-state index < -0.39 is 0 Å². The molecule has 1 amide bonds. The van der Waals surface area contributed by atoms with Crippen molar-refractivity contribution < 1.29 is 9.21 Å². The van der Waals surface area contributed by atoms with Crippen LogP contribution in [0.15, 0.2) is 58.2 Å². The van der Waals surface area contributed by atoms with E-state index in [4.69, 9.17) is 4.42 Å². The molecule has 3 rings (SSSR count). The summed E-state index contributed by atoms with van der Waals surface area (Å²) in [5.41, 5.74) is 1.45. The standard InChI is InChI=1S/C13H10N2O2/c16-13-9-11(12-7-4-8-17-12)14-15(13)10-5-2-1-3-6-10/h1-8H,9H2. The second kappa shape index (κ2) is 3.90. The van der Waals surface area contributed by atoms with Crippen molar-refractivity contribution >= 4 is 17.3 Å². The summed E-state index contributed by atoms with van der Waals surface area (Å²) in [6.07, 6.45) is 1.86. The number of para-hydroxylation sites is 1. The third-order valence-electron chi connectivity index (χ3n) is 2.58. The van der Waals surface area contributed by atoms with E-state index in [0.717, 1.165) is 5.69 Å². The zero-order valence-corrected chi connectivity index (χ0v) is 9.04. The molecule has 0 fully saturated rings. The first-order chi connectivity index (χ1) is 8.34. The van der Waals surface area contributed by atoms with Crippen molar-refractivity contribution in [3.05, 3.63) is 54.5 Å². The summed E-state index contributed by atoms with van der Waals surface area (Å²) in [7, 11) is 0. The number of benzene rings is 1. The first kappa shape index (κ1) is 9.84. The van der Waals surface area contributed by atoms with E-state index >= 15 is 0 Å². The zero-order chi connectivity index (χ0) is 11.7. The summed E-state index contributed by atoms with van der Waals surface area (Å²) < 4.78 is 5.24. The van der Waals surface area contributed by atoms with Crippen LogP contribution in [0.4, 0.5) is 5.69 Å². The van der Waals surface area contributed by atoms with E-state index in [1.807, 2.05) is 30.3 Å². The number of carbonyl (C=O) groups is 1. The Morgan fingerprint density at radius 1 is 1.12 bits per heavy atom. The normalized spacial score (nSPS) is 15.2. The van der Waals surface area contributed by atoms with Crippen molar-refractivity contribution in [2.45, 2.75) is 6.42 Å². The van der Waals surface area contributed by atoms with Gasteiger partial charge in [-0.3, -0.25) is 4.79 Å².